The van der Waals surface area contributed by atoms with Crippen molar-refractivity contribution in [3.05, 3.63) is 0 Å². The van der Waals surface area contributed by atoms with Gasteiger partial charge in [0.2, 0.25) is 5.91 Å². The normalized spacial score (nSPS) is 24.6. The second kappa shape index (κ2) is 5.80. The summed E-state index contributed by atoms with van der Waals surface area (Å²) in [6.45, 7) is 2.61. The van der Waals surface area contributed by atoms with E-state index in [4.69, 9.17) is 4.74 Å². The molecule has 0 aliphatic carbocycles. The van der Waals surface area contributed by atoms with Gasteiger partial charge in [-0.1, -0.05) is 0 Å². The molecule has 0 spiro atoms. The predicted molar refractivity (Wildman–Crippen MR) is 61.2 cm³/mol. The fraction of sp³-hybridized carbons (Fsp3) is 0.750. The maximum atomic E-state index is 12.2. The minimum atomic E-state index is -1.13. The SMILES string of the molecule is CCOC(=O)[C@]1(CCC=O)CCCN(C)C1=O. The molecule has 0 aromatic rings. The summed E-state index contributed by atoms with van der Waals surface area (Å²) in [4.78, 5) is 36.2. The summed E-state index contributed by atoms with van der Waals surface area (Å²) in [7, 11) is 1.68. The summed E-state index contributed by atoms with van der Waals surface area (Å²) in [5.41, 5.74) is -1.13. The third-order valence-electron chi connectivity index (χ3n) is 3.21. The van der Waals surface area contributed by atoms with E-state index in [1.165, 1.54) is 0 Å². The quantitative estimate of drug-likeness (QED) is 0.405. The second-order valence-corrected chi connectivity index (χ2v) is 4.34. The summed E-state index contributed by atoms with van der Waals surface area (Å²) in [5, 5.41) is 0. The molecule has 17 heavy (non-hydrogen) atoms. The zero-order valence-corrected chi connectivity index (χ0v) is 10.4. The van der Waals surface area contributed by atoms with Crippen LogP contribution in [0.25, 0.3) is 0 Å². The molecule has 1 heterocycles. The highest BCUT2D eigenvalue weighted by Gasteiger charge is 2.49. The molecule has 0 aromatic heterocycles. The first-order valence-electron chi connectivity index (χ1n) is 5.95. The Kier molecular flexibility index (Phi) is 4.66. The van der Waals surface area contributed by atoms with Crippen molar-refractivity contribution >= 4 is 18.2 Å². The van der Waals surface area contributed by atoms with E-state index < -0.39 is 11.4 Å². The lowest BCUT2D eigenvalue weighted by molar-refractivity contribution is -0.168. The van der Waals surface area contributed by atoms with Crippen molar-refractivity contribution in [3.8, 4) is 0 Å². The molecule has 1 atom stereocenters. The number of aldehydes is 1. The first-order chi connectivity index (χ1) is 8.08. The van der Waals surface area contributed by atoms with Crippen LogP contribution in [0.3, 0.4) is 0 Å². The number of amides is 1. The third kappa shape index (κ3) is 2.65. The first-order valence-corrected chi connectivity index (χ1v) is 5.95. The summed E-state index contributed by atoms with van der Waals surface area (Å²) in [6, 6.07) is 0. The van der Waals surface area contributed by atoms with Crippen LogP contribution in [0.2, 0.25) is 0 Å². The van der Waals surface area contributed by atoms with E-state index >= 15 is 0 Å². The molecule has 5 nitrogen and oxygen atoms in total. The summed E-state index contributed by atoms with van der Waals surface area (Å²) in [6.07, 6.45) is 2.43. The van der Waals surface area contributed by atoms with Crippen molar-refractivity contribution in [1.82, 2.24) is 4.90 Å². The van der Waals surface area contributed by atoms with Gasteiger partial charge >= 0.3 is 5.97 Å². The Morgan fingerprint density at radius 2 is 2.29 bits per heavy atom. The van der Waals surface area contributed by atoms with Crippen LogP contribution in [0.1, 0.15) is 32.6 Å². The number of piperidine rings is 1. The van der Waals surface area contributed by atoms with Gasteiger partial charge in [0, 0.05) is 20.0 Å². The maximum Gasteiger partial charge on any atom is 0.321 e. The third-order valence-corrected chi connectivity index (χ3v) is 3.21. The van der Waals surface area contributed by atoms with E-state index in [1.54, 1.807) is 18.9 Å². The molecule has 0 unspecified atom stereocenters. The number of likely N-dealkylation sites (tertiary alicyclic amines) is 1. The van der Waals surface area contributed by atoms with Crippen molar-refractivity contribution < 1.29 is 19.1 Å². The number of hydrogen-bond acceptors (Lipinski definition) is 4. The molecule has 1 rings (SSSR count). The standard InChI is InChI=1S/C12H19NO4/c1-3-17-11(16)12(7-5-9-14)6-4-8-13(2)10(12)15/h9H,3-8H2,1-2H3/t12-/m0/s1. The van der Waals surface area contributed by atoms with Gasteiger partial charge in [-0.2, -0.15) is 0 Å². The van der Waals surface area contributed by atoms with E-state index in [0.717, 1.165) is 12.7 Å². The van der Waals surface area contributed by atoms with Crippen LogP contribution < -0.4 is 0 Å². The maximum absolute atomic E-state index is 12.2. The molecular formula is C12H19NO4. The zero-order chi connectivity index (χ0) is 12.9. The van der Waals surface area contributed by atoms with Gasteiger partial charge in [-0.25, -0.2) is 0 Å². The minimum Gasteiger partial charge on any atom is -0.465 e. The van der Waals surface area contributed by atoms with Crippen LogP contribution in [0.15, 0.2) is 0 Å². The van der Waals surface area contributed by atoms with E-state index in [1.807, 2.05) is 0 Å². The van der Waals surface area contributed by atoms with Gasteiger partial charge < -0.3 is 14.4 Å². The van der Waals surface area contributed by atoms with Crippen LogP contribution in [0.5, 0.6) is 0 Å². The van der Waals surface area contributed by atoms with Crippen molar-refractivity contribution in [1.29, 1.82) is 0 Å². The summed E-state index contributed by atoms with van der Waals surface area (Å²) in [5.74, 6) is -0.706. The lowest BCUT2D eigenvalue weighted by atomic mass is 9.75. The number of rotatable bonds is 5. The molecule has 1 aliphatic heterocycles. The molecule has 1 fully saturated rings. The Bertz CT molecular complexity index is 316. The average molecular weight is 241 g/mol. The Hall–Kier alpha value is -1.39. The van der Waals surface area contributed by atoms with Crippen molar-refractivity contribution in [3.63, 3.8) is 0 Å². The Morgan fingerprint density at radius 3 is 2.88 bits per heavy atom. The van der Waals surface area contributed by atoms with Crippen LogP contribution in [-0.2, 0) is 19.1 Å². The number of ether oxygens (including phenoxy) is 1. The highest BCUT2D eigenvalue weighted by molar-refractivity contribution is 6.03. The van der Waals surface area contributed by atoms with Crippen LogP contribution in [-0.4, -0.2) is 43.3 Å². The van der Waals surface area contributed by atoms with Gasteiger partial charge in [-0.05, 0) is 26.2 Å². The van der Waals surface area contributed by atoms with Crippen LogP contribution in [0.4, 0.5) is 0 Å². The average Bonchev–Trinajstić information content (AvgIpc) is 2.31. The number of carbonyl (C=O) groups excluding carboxylic acids is 3. The number of nitrogens with zero attached hydrogens (tertiary/aromatic N) is 1. The van der Waals surface area contributed by atoms with Gasteiger partial charge in [0.15, 0.2) is 0 Å². The fourth-order valence-electron chi connectivity index (χ4n) is 2.29. The van der Waals surface area contributed by atoms with E-state index in [0.29, 0.717) is 13.0 Å². The molecule has 0 radical (unpaired) electrons. The second-order valence-electron chi connectivity index (χ2n) is 4.34. The Morgan fingerprint density at radius 1 is 1.59 bits per heavy atom. The lowest BCUT2D eigenvalue weighted by Gasteiger charge is -2.37. The molecule has 1 aliphatic rings. The number of esters is 1. The van der Waals surface area contributed by atoms with Gasteiger partial charge in [0.05, 0.1) is 6.61 Å². The largest absolute Gasteiger partial charge is 0.465 e. The van der Waals surface area contributed by atoms with E-state index in [2.05, 4.69) is 0 Å². The molecule has 0 N–H and O–H groups in total. The molecule has 0 saturated carbocycles. The monoisotopic (exact) mass is 241 g/mol. The van der Waals surface area contributed by atoms with Gasteiger partial charge in [0.1, 0.15) is 11.7 Å². The molecule has 0 bridgehead atoms. The van der Waals surface area contributed by atoms with Gasteiger partial charge in [-0.3, -0.25) is 9.59 Å². The summed E-state index contributed by atoms with van der Waals surface area (Å²) >= 11 is 0. The molecule has 0 aromatic carbocycles. The molecular weight excluding hydrogens is 222 g/mol. The van der Waals surface area contributed by atoms with Crippen molar-refractivity contribution in [2.45, 2.75) is 32.6 Å². The van der Waals surface area contributed by atoms with E-state index in [9.17, 15) is 14.4 Å². The highest BCUT2D eigenvalue weighted by Crippen LogP contribution is 2.36. The van der Waals surface area contributed by atoms with Gasteiger partial charge in [0.25, 0.3) is 0 Å². The molecule has 96 valence electrons. The number of carbonyl (C=O) groups is 3. The Labute approximate surface area is 101 Å². The number of hydrogen-bond donors (Lipinski definition) is 0. The lowest BCUT2D eigenvalue weighted by Crippen LogP contribution is -2.52. The fourth-order valence-corrected chi connectivity index (χ4v) is 2.29. The van der Waals surface area contributed by atoms with Crippen molar-refractivity contribution in [2.24, 2.45) is 5.41 Å². The smallest absolute Gasteiger partial charge is 0.321 e. The van der Waals surface area contributed by atoms with Crippen LogP contribution in [0, 0.1) is 5.41 Å². The minimum absolute atomic E-state index is 0.207. The molecule has 1 amide bonds. The van der Waals surface area contributed by atoms with Crippen molar-refractivity contribution in [2.75, 3.05) is 20.2 Å². The topological polar surface area (TPSA) is 63.7 Å². The molecule has 1 saturated heterocycles. The predicted octanol–water partition coefficient (Wildman–Crippen LogP) is 0.767. The Balaban J connectivity index is 2.94. The zero-order valence-electron chi connectivity index (χ0n) is 10.4. The summed E-state index contributed by atoms with van der Waals surface area (Å²) < 4.78 is 5.00. The highest BCUT2D eigenvalue weighted by atomic mass is 16.5. The first kappa shape index (κ1) is 13.7. The van der Waals surface area contributed by atoms with Gasteiger partial charge in [-0.15, -0.1) is 0 Å². The van der Waals surface area contributed by atoms with Crippen LogP contribution >= 0.6 is 0 Å². The van der Waals surface area contributed by atoms with E-state index in [-0.39, 0.29) is 25.4 Å². The molecule has 5 heteroatoms.